The van der Waals surface area contributed by atoms with E-state index in [-0.39, 0.29) is 17.6 Å². The Morgan fingerprint density at radius 1 is 1.30 bits per heavy atom. The van der Waals surface area contributed by atoms with Gasteiger partial charge in [0.15, 0.2) is 5.82 Å². The molecule has 146 valence electrons. The second kappa shape index (κ2) is 7.28. The zero-order valence-electron chi connectivity index (χ0n) is 15.1. The largest absolute Gasteiger partial charge is 0.328 e. The minimum absolute atomic E-state index is 0.0436. The molecule has 9 nitrogen and oxygen atoms in total. The maximum atomic E-state index is 12.5. The number of nitrogens with zero attached hydrogens (tertiary/aromatic N) is 6. The lowest BCUT2D eigenvalue weighted by atomic mass is 9.98. The summed E-state index contributed by atoms with van der Waals surface area (Å²) in [5, 5.41) is 10.4. The van der Waals surface area contributed by atoms with Crippen molar-refractivity contribution in [2.24, 2.45) is 0 Å². The smallest absolute Gasteiger partial charge is 0.273 e. The molecule has 1 fully saturated rings. The van der Waals surface area contributed by atoms with Gasteiger partial charge in [0.2, 0.25) is 10.0 Å². The van der Waals surface area contributed by atoms with Gasteiger partial charge in [-0.3, -0.25) is 4.79 Å². The van der Waals surface area contributed by atoms with Gasteiger partial charge >= 0.3 is 0 Å². The summed E-state index contributed by atoms with van der Waals surface area (Å²) in [4.78, 5) is 18.3. The minimum atomic E-state index is -3.19. The molecule has 2 aliphatic heterocycles. The lowest BCUT2D eigenvalue weighted by molar-refractivity contribution is 0.0700. The van der Waals surface area contributed by atoms with E-state index >= 15 is 0 Å². The van der Waals surface area contributed by atoms with Gasteiger partial charge in [-0.05, 0) is 19.8 Å². The normalized spacial score (nSPS) is 21.2. The molecular formula is C16H22N6O3S2. The third-order valence-electron chi connectivity index (χ3n) is 5.23. The van der Waals surface area contributed by atoms with Gasteiger partial charge in [-0.2, -0.15) is 0 Å². The molecule has 4 rings (SSSR count). The van der Waals surface area contributed by atoms with Crippen molar-refractivity contribution in [1.29, 1.82) is 0 Å². The lowest BCUT2D eigenvalue weighted by Gasteiger charge is -2.33. The molecule has 11 heteroatoms. The highest BCUT2D eigenvalue weighted by atomic mass is 32.2. The molecule has 1 saturated heterocycles. The maximum Gasteiger partial charge on any atom is 0.273 e. The molecule has 0 bridgehead atoms. The molecule has 1 amide bonds. The molecule has 0 radical (unpaired) electrons. The highest BCUT2D eigenvalue weighted by molar-refractivity contribution is 7.89. The van der Waals surface area contributed by atoms with Crippen LogP contribution in [0.25, 0.3) is 0 Å². The SMILES string of the molecule is CCS(=O)(=O)N1CCCC(c2nnc3n2CCN(C(=O)c2cscn2)C3)C1. The third-order valence-corrected chi connectivity index (χ3v) is 7.66. The number of carbonyl (C=O) groups excluding carboxylic acids is 1. The molecule has 1 atom stereocenters. The van der Waals surface area contributed by atoms with Crippen LogP contribution in [0.15, 0.2) is 10.9 Å². The Morgan fingerprint density at radius 3 is 2.89 bits per heavy atom. The Balaban J connectivity index is 1.51. The van der Waals surface area contributed by atoms with Crippen molar-refractivity contribution in [1.82, 2.24) is 29.0 Å². The van der Waals surface area contributed by atoms with Gasteiger partial charge in [0.25, 0.3) is 5.91 Å². The summed E-state index contributed by atoms with van der Waals surface area (Å²) in [6, 6.07) is 0. The topological polar surface area (TPSA) is 101 Å². The van der Waals surface area contributed by atoms with Crippen LogP contribution in [0.2, 0.25) is 0 Å². The van der Waals surface area contributed by atoms with E-state index in [1.807, 2.05) is 0 Å². The third kappa shape index (κ3) is 3.50. The van der Waals surface area contributed by atoms with Gasteiger partial charge in [0, 0.05) is 37.5 Å². The summed E-state index contributed by atoms with van der Waals surface area (Å²) < 4.78 is 28.1. The molecular weight excluding hydrogens is 388 g/mol. The summed E-state index contributed by atoms with van der Waals surface area (Å²) in [7, 11) is -3.19. The molecule has 0 aromatic carbocycles. The van der Waals surface area contributed by atoms with E-state index in [9.17, 15) is 13.2 Å². The minimum Gasteiger partial charge on any atom is -0.328 e. The first kappa shape index (κ1) is 18.5. The van der Waals surface area contributed by atoms with Crippen LogP contribution in [0, 0.1) is 0 Å². The van der Waals surface area contributed by atoms with Crippen LogP contribution < -0.4 is 0 Å². The summed E-state index contributed by atoms with van der Waals surface area (Å²) in [6.07, 6.45) is 1.72. The van der Waals surface area contributed by atoms with Crippen LogP contribution in [0.3, 0.4) is 0 Å². The van der Waals surface area contributed by atoms with Crippen LogP contribution in [-0.2, 0) is 23.1 Å². The highest BCUT2D eigenvalue weighted by Crippen LogP contribution is 2.29. The number of amides is 1. The maximum absolute atomic E-state index is 12.5. The quantitative estimate of drug-likeness (QED) is 0.743. The summed E-state index contributed by atoms with van der Waals surface area (Å²) in [5.74, 6) is 1.65. The predicted molar refractivity (Wildman–Crippen MR) is 99.9 cm³/mol. The van der Waals surface area contributed by atoms with Crippen LogP contribution in [-0.4, -0.2) is 68.7 Å². The van der Waals surface area contributed by atoms with E-state index in [4.69, 9.17) is 0 Å². The van der Waals surface area contributed by atoms with E-state index < -0.39 is 10.0 Å². The van der Waals surface area contributed by atoms with Gasteiger partial charge in [0.1, 0.15) is 11.5 Å². The van der Waals surface area contributed by atoms with Gasteiger partial charge < -0.3 is 9.47 Å². The van der Waals surface area contributed by atoms with Gasteiger partial charge in [0.05, 0.1) is 17.8 Å². The zero-order chi connectivity index (χ0) is 19.0. The molecule has 0 N–H and O–H groups in total. The zero-order valence-corrected chi connectivity index (χ0v) is 16.7. The Hall–Kier alpha value is -1.85. The first-order valence-corrected chi connectivity index (χ1v) is 11.6. The van der Waals surface area contributed by atoms with Crippen LogP contribution in [0.4, 0.5) is 0 Å². The lowest BCUT2D eigenvalue weighted by Crippen LogP contribution is -2.42. The fourth-order valence-corrected chi connectivity index (χ4v) is 5.43. The molecule has 0 aliphatic carbocycles. The van der Waals surface area contributed by atoms with Gasteiger partial charge in [-0.25, -0.2) is 17.7 Å². The number of rotatable bonds is 4. The van der Waals surface area contributed by atoms with E-state index in [1.165, 1.54) is 11.3 Å². The number of thiazole rings is 1. The number of piperidine rings is 1. The molecule has 27 heavy (non-hydrogen) atoms. The van der Waals surface area contributed by atoms with Crippen LogP contribution in [0.5, 0.6) is 0 Å². The van der Waals surface area contributed by atoms with Crippen molar-refractivity contribution in [2.75, 3.05) is 25.4 Å². The number of hydrogen-bond donors (Lipinski definition) is 0. The molecule has 2 aromatic rings. The van der Waals surface area contributed by atoms with Gasteiger partial charge in [-0.15, -0.1) is 21.5 Å². The highest BCUT2D eigenvalue weighted by Gasteiger charge is 2.33. The molecule has 0 saturated carbocycles. The van der Waals surface area contributed by atoms with Crippen LogP contribution >= 0.6 is 11.3 Å². The van der Waals surface area contributed by atoms with Crippen molar-refractivity contribution >= 4 is 27.3 Å². The number of carbonyl (C=O) groups is 1. The number of aromatic nitrogens is 4. The first-order chi connectivity index (χ1) is 13.0. The van der Waals surface area contributed by atoms with Crippen molar-refractivity contribution in [2.45, 2.75) is 38.8 Å². The summed E-state index contributed by atoms with van der Waals surface area (Å²) in [6.45, 7) is 4.28. The average molecular weight is 411 g/mol. The number of sulfonamides is 1. The molecule has 0 spiro atoms. The average Bonchev–Trinajstić information content (AvgIpc) is 3.37. The molecule has 2 aliphatic rings. The van der Waals surface area contributed by atoms with Crippen molar-refractivity contribution in [3.05, 3.63) is 28.2 Å². The van der Waals surface area contributed by atoms with Gasteiger partial charge in [-0.1, -0.05) is 0 Å². The number of hydrogen-bond acceptors (Lipinski definition) is 7. The van der Waals surface area contributed by atoms with E-state index in [0.717, 1.165) is 24.5 Å². The number of fused-ring (bicyclic) bond motifs is 1. The molecule has 1 unspecified atom stereocenters. The molecule has 2 aromatic heterocycles. The summed E-state index contributed by atoms with van der Waals surface area (Å²) >= 11 is 1.40. The first-order valence-electron chi connectivity index (χ1n) is 9.07. The van der Waals surface area contributed by atoms with Crippen molar-refractivity contribution in [3.8, 4) is 0 Å². The van der Waals surface area contributed by atoms with E-state index in [2.05, 4.69) is 19.7 Å². The van der Waals surface area contributed by atoms with Crippen molar-refractivity contribution < 1.29 is 13.2 Å². The van der Waals surface area contributed by atoms with Crippen LogP contribution in [0.1, 0.15) is 47.8 Å². The Kier molecular flexibility index (Phi) is 4.99. The fraction of sp³-hybridized carbons (Fsp3) is 0.625. The van der Waals surface area contributed by atoms with E-state index in [0.29, 0.717) is 38.4 Å². The summed E-state index contributed by atoms with van der Waals surface area (Å²) in [5.41, 5.74) is 2.11. The Morgan fingerprint density at radius 2 is 2.15 bits per heavy atom. The second-order valence-corrected chi connectivity index (χ2v) is 9.80. The molecule has 4 heterocycles. The monoisotopic (exact) mass is 410 g/mol. The van der Waals surface area contributed by atoms with E-state index in [1.54, 1.807) is 27.0 Å². The standard InChI is InChI=1S/C16H22N6O3S2/c1-2-27(24,25)21-5-3-4-12(8-21)15-19-18-14-9-20(6-7-22(14)15)16(23)13-10-26-11-17-13/h10-12H,2-9H2,1H3. The Labute approximate surface area is 162 Å². The van der Waals surface area contributed by atoms with Crippen molar-refractivity contribution in [3.63, 3.8) is 0 Å². The fourth-order valence-electron chi connectivity index (χ4n) is 3.72. The second-order valence-electron chi connectivity index (χ2n) is 6.82. The Bertz CT molecular complexity index is 924. The predicted octanol–water partition coefficient (Wildman–Crippen LogP) is 0.920.